The molecule has 2 unspecified atom stereocenters. The van der Waals surface area contributed by atoms with Crippen molar-refractivity contribution in [2.45, 2.75) is 32.4 Å². The Labute approximate surface area is 190 Å². The number of likely N-dealkylation sites (tertiary alicyclic amines) is 1. The lowest BCUT2D eigenvalue weighted by Gasteiger charge is -2.33. The lowest BCUT2D eigenvalue weighted by molar-refractivity contribution is -0.127. The summed E-state index contributed by atoms with van der Waals surface area (Å²) < 4.78 is 29.9. The number of benzene rings is 2. The number of nitrogens with two attached hydrogens (primary N) is 1. The van der Waals surface area contributed by atoms with E-state index in [4.69, 9.17) is 5.73 Å². The number of rotatable bonds is 7. The van der Waals surface area contributed by atoms with Crippen LogP contribution in [0.4, 0.5) is 19.3 Å². The monoisotopic (exact) mass is 460 g/mol. The Morgan fingerprint density at radius 1 is 1.12 bits per heavy atom. The first-order valence-electron chi connectivity index (χ1n) is 10.5. The van der Waals surface area contributed by atoms with Gasteiger partial charge >= 0.3 is 12.6 Å². The highest BCUT2D eigenvalue weighted by Gasteiger charge is 2.31. The summed E-state index contributed by atoms with van der Waals surface area (Å²) in [7, 11) is 0. The molecule has 4 amide bonds. The third-order valence-electron chi connectivity index (χ3n) is 5.45. The number of para-hydroxylation sites is 1. The van der Waals surface area contributed by atoms with Crippen LogP contribution in [-0.2, 0) is 4.79 Å². The second-order valence-electron chi connectivity index (χ2n) is 7.81. The van der Waals surface area contributed by atoms with E-state index in [9.17, 15) is 23.2 Å². The molecule has 3 rings (SSSR count). The smallest absolute Gasteiger partial charge is 0.387 e. The van der Waals surface area contributed by atoms with Gasteiger partial charge in [-0.15, -0.1) is 0 Å². The number of carbonyl (C=O) groups excluding carboxylic acids is 3. The van der Waals surface area contributed by atoms with E-state index < -0.39 is 24.5 Å². The van der Waals surface area contributed by atoms with Gasteiger partial charge in [-0.1, -0.05) is 24.3 Å². The summed E-state index contributed by atoms with van der Waals surface area (Å²) in [6.07, 6.45) is 1.22. The Bertz CT molecular complexity index is 1000. The number of nitrogens with one attached hydrogen (secondary N) is 2. The maximum absolute atomic E-state index is 13.0. The molecule has 1 fully saturated rings. The van der Waals surface area contributed by atoms with Crippen molar-refractivity contribution < 1.29 is 27.9 Å². The fourth-order valence-corrected chi connectivity index (χ4v) is 3.80. The van der Waals surface area contributed by atoms with Gasteiger partial charge in [0.25, 0.3) is 5.91 Å². The van der Waals surface area contributed by atoms with Gasteiger partial charge in [-0.25, -0.2) is 4.79 Å². The molecule has 2 aromatic carbocycles. The van der Waals surface area contributed by atoms with Crippen LogP contribution < -0.4 is 21.1 Å². The third kappa shape index (κ3) is 6.41. The molecule has 1 saturated heterocycles. The van der Waals surface area contributed by atoms with E-state index in [0.29, 0.717) is 25.1 Å². The normalized spacial score (nSPS) is 16.7. The van der Waals surface area contributed by atoms with E-state index in [-0.39, 0.29) is 29.8 Å². The molecule has 0 radical (unpaired) electrons. The van der Waals surface area contributed by atoms with Gasteiger partial charge < -0.3 is 26.0 Å². The minimum absolute atomic E-state index is 0.0388. The summed E-state index contributed by atoms with van der Waals surface area (Å²) in [4.78, 5) is 38.2. The topological polar surface area (TPSA) is 114 Å². The van der Waals surface area contributed by atoms with Crippen molar-refractivity contribution >= 4 is 23.5 Å². The molecular formula is C23H26F2N4O4. The maximum Gasteiger partial charge on any atom is 0.387 e. The van der Waals surface area contributed by atoms with Crippen molar-refractivity contribution in [2.24, 2.45) is 11.7 Å². The lowest BCUT2D eigenvalue weighted by Crippen LogP contribution is -2.46. The number of piperidine rings is 1. The van der Waals surface area contributed by atoms with E-state index in [1.165, 1.54) is 23.1 Å². The molecule has 1 aliphatic heterocycles. The Morgan fingerprint density at radius 3 is 2.48 bits per heavy atom. The van der Waals surface area contributed by atoms with Crippen molar-refractivity contribution in [3.05, 3.63) is 59.7 Å². The van der Waals surface area contributed by atoms with Crippen molar-refractivity contribution in [3.8, 4) is 5.75 Å². The Hall–Kier alpha value is -3.69. The SMILES string of the molecule is CC(NC(=O)C1CCCN(C(=O)c2ccccc2OC(F)F)C1)c1ccc(NC(N)=O)cc1. The Kier molecular flexibility index (Phi) is 7.81. The van der Waals surface area contributed by atoms with Crippen LogP contribution in [0.15, 0.2) is 48.5 Å². The largest absolute Gasteiger partial charge is 0.434 e. The minimum Gasteiger partial charge on any atom is -0.434 e. The summed E-state index contributed by atoms with van der Waals surface area (Å²) >= 11 is 0. The van der Waals surface area contributed by atoms with Crippen molar-refractivity contribution in [2.75, 3.05) is 18.4 Å². The molecule has 1 aliphatic rings. The fourth-order valence-electron chi connectivity index (χ4n) is 3.80. The predicted molar refractivity (Wildman–Crippen MR) is 118 cm³/mol. The van der Waals surface area contributed by atoms with Gasteiger partial charge in [0, 0.05) is 18.8 Å². The van der Waals surface area contributed by atoms with Crippen LogP contribution in [0, 0.1) is 5.92 Å². The van der Waals surface area contributed by atoms with Crippen molar-refractivity contribution in [3.63, 3.8) is 0 Å². The van der Waals surface area contributed by atoms with Crippen LogP contribution in [0.25, 0.3) is 0 Å². The van der Waals surface area contributed by atoms with Crippen molar-refractivity contribution in [1.82, 2.24) is 10.2 Å². The van der Waals surface area contributed by atoms with E-state index in [0.717, 1.165) is 5.56 Å². The van der Waals surface area contributed by atoms with Gasteiger partial charge in [-0.3, -0.25) is 9.59 Å². The van der Waals surface area contributed by atoms with Crippen LogP contribution in [0.5, 0.6) is 5.75 Å². The Balaban J connectivity index is 1.62. The molecule has 2 atom stereocenters. The number of carbonyl (C=O) groups is 3. The number of ether oxygens (including phenoxy) is 1. The molecule has 2 aromatic rings. The van der Waals surface area contributed by atoms with Crippen LogP contribution in [0.3, 0.4) is 0 Å². The zero-order chi connectivity index (χ0) is 24.0. The van der Waals surface area contributed by atoms with Gasteiger partial charge in [0.1, 0.15) is 5.75 Å². The van der Waals surface area contributed by atoms with Gasteiger partial charge in [0.05, 0.1) is 17.5 Å². The molecule has 8 nitrogen and oxygen atoms in total. The highest BCUT2D eigenvalue weighted by molar-refractivity contribution is 5.97. The van der Waals surface area contributed by atoms with Crippen LogP contribution in [0.1, 0.15) is 41.7 Å². The molecule has 10 heteroatoms. The van der Waals surface area contributed by atoms with Gasteiger partial charge in [-0.2, -0.15) is 8.78 Å². The van der Waals surface area contributed by atoms with E-state index in [2.05, 4.69) is 15.4 Å². The average molecular weight is 460 g/mol. The number of amides is 4. The molecule has 176 valence electrons. The summed E-state index contributed by atoms with van der Waals surface area (Å²) in [6.45, 7) is -0.601. The van der Waals surface area contributed by atoms with Gasteiger partial charge in [0.2, 0.25) is 5.91 Å². The van der Waals surface area contributed by atoms with Crippen molar-refractivity contribution in [1.29, 1.82) is 0 Å². The number of anilines is 1. The number of hydrogen-bond acceptors (Lipinski definition) is 4. The molecule has 0 spiro atoms. The van der Waals surface area contributed by atoms with E-state index in [1.54, 1.807) is 30.3 Å². The average Bonchev–Trinajstić information content (AvgIpc) is 2.78. The molecule has 1 heterocycles. The molecule has 4 N–H and O–H groups in total. The lowest BCUT2D eigenvalue weighted by atomic mass is 9.95. The van der Waals surface area contributed by atoms with Gasteiger partial charge in [-0.05, 0) is 49.6 Å². The first-order chi connectivity index (χ1) is 15.7. The predicted octanol–water partition coefficient (Wildman–Crippen LogP) is 3.51. The fraction of sp³-hybridized carbons (Fsp3) is 0.348. The maximum atomic E-state index is 13.0. The second-order valence-corrected chi connectivity index (χ2v) is 7.81. The molecule has 0 aliphatic carbocycles. The van der Waals surface area contributed by atoms with E-state index in [1.807, 2.05) is 6.92 Å². The first kappa shape index (κ1) is 24.0. The number of alkyl halides is 2. The summed E-state index contributed by atoms with van der Waals surface area (Å²) in [5, 5.41) is 5.42. The third-order valence-corrected chi connectivity index (χ3v) is 5.45. The minimum atomic E-state index is -3.04. The summed E-state index contributed by atoms with van der Waals surface area (Å²) in [6, 6.07) is 11.8. The zero-order valence-corrected chi connectivity index (χ0v) is 18.1. The highest BCUT2D eigenvalue weighted by atomic mass is 19.3. The standard InChI is InChI=1S/C23H26F2N4O4/c1-14(15-8-10-17(11-9-15)28-23(26)32)27-20(30)16-5-4-12-29(13-16)21(31)18-6-2-3-7-19(18)33-22(24)25/h2-3,6-11,14,16,22H,4-5,12-13H2,1H3,(H,27,30)(H3,26,28,32). The van der Waals surface area contributed by atoms with Gasteiger partial charge in [0.15, 0.2) is 0 Å². The first-order valence-corrected chi connectivity index (χ1v) is 10.5. The zero-order valence-electron chi connectivity index (χ0n) is 18.1. The molecule has 0 saturated carbocycles. The number of halogens is 2. The Morgan fingerprint density at radius 2 is 1.82 bits per heavy atom. The van der Waals surface area contributed by atoms with Crippen LogP contribution in [0.2, 0.25) is 0 Å². The summed E-state index contributed by atoms with van der Waals surface area (Å²) in [5.74, 6) is -1.26. The molecule has 33 heavy (non-hydrogen) atoms. The summed E-state index contributed by atoms with van der Waals surface area (Å²) in [5.41, 5.74) is 6.51. The molecule has 0 aromatic heterocycles. The number of hydrogen-bond donors (Lipinski definition) is 3. The number of primary amides is 1. The quantitative estimate of drug-likeness (QED) is 0.587. The van der Waals surface area contributed by atoms with Crippen LogP contribution in [-0.4, -0.2) is 42.4 Å². The number of urea groups is 1. The molecule has 0 bridgehead atoms. The number of nitrogens with zero attached hydrogens (tertiary/aromatic N) is 1. The van der Waals surface area contributed by atoms with E-state index >= 15 is 0 Å². The highest BCUT2D eigenvalue weighted by Crippen LogP contribution is 2.26. The second kappa shape index (κ2) is 10.8. The van der Waals surface area contributed by atoms with Crippen LogP contribution >= 0.6 is 0 Å². The molecular weight excluding hydrogens is 434 g/mol.